The van der Waals surface area contributed by atoms with Crippen LogP contribution < -0.4 is 5.32 Å². The lowest BCUT2D eigenvalue weighted by molar-refractivity contribution is 0.666. The van der Waals surface area contributed by atoms with E-state index in [4.69, 9.17) is 0 Å². The van der Waals surface area contributed by atoms with Gasteiger partial charge in [0, 0.05) is 11.1 Å². The lowest BCUT2D eigenvalue weighted by Crippen LogP contribution is -2.21. The summed E-state index contributed by atoms with van der Waals surface area (Å²) >= 11 is 0. The molecule has 10 rings (SSSR count). The molecule has 0 saturated heterocycles. The lowest BCUT2D eigenvalue weighted by atomic mass is 9.78. The van der Waals surface area contributed by atoms with Crippen LogP contribution in [0.5, 0.6) is 0 Å². The number of benzene rings is 8. The molecule has 0 radical (unpaired) electrons. The van der Waals surface area contributed by atoms with Crippen molar-refractivity contribution in [2.45, 2.75) is 25.3 Å². The molecule has 2 aliphatic rings. The highest BCUT2D eigenvalue weighted by Crippen LogP contribution is 2.55. The third kappa shape index (κ3) is 5.81. The largest absolute Gasteiger partial charge is 0.374 e. The second kappa shape index (κ2) is 13.3. The molecule has 0 fully saturated rings. The van der Waals surface area contributed by atoms with Gasteiger partial charge in [0.25, 0.3) is 0 Å². The molecule has 8 aromatic carbocycles. The standard InChI is InChI=1S/C54H41N/c1-54(2)49-33-43(28-29-47(49)52-48(36-16-6-3-7-17-36)32-44-22-12-13-27-46(44)53(52)54)41-25-14-23-39(30-41)40-24-15-26-42(31-40)45-34-50(37-18-8-4-9-19-37)55-51(35-45)38-20-10-5-11-21-38/h3-35,50,55H,1-2H3. The van der Waals surface area contributed by atoms with Gasteiger partial charge >= 0.3 is 0 Å². The molecular formula is C54H41N. The quantitative estimate of drug-likeness (QED) is 0.182. The van der Waals surface area contributed by atoms with Gasteiger partial charge in [0.15, 0.2) is 0 Å². The number of rotatable bonds is 6. The number of dihydropyridines is 1. The summed E-state index contributed by atoms with van der Waals surface area (Å²) in [7, 11) is 0. The summed E-state index contributed by atoms with van der Waals surface area (Å²) in [6.45, 7) is 4.81. The van der Waals surface area contributed by atoms with E-state index in [9.17, 15) is 0 Å². The first kappa shape index (κ1) is 32.9. The summed E-state index contributed by atoms with van der Waals surface area (Å²) in [6, 6.07) is 68.8. The second-order valence-corrected chi connectivity index (χ2v) is 15.4. The lowest BCUT2D eigenvalue weighted by Gasteiger charge is -2.26. The number of hydrogen-bond donors (Lipinski definition) is 1. The Bertz CT molecular complexity index is 2790. The van der Waals surface area contributed by atoms with Crippen LogP contribution in [0.1, 0.15) is 47.7 Å². The van der Waals surface area contributed by atoms with Gasteiger partial charge in [-0.15, -0.1) is 0 Å². The fourth-order valence-electron chi connectivity index (χ4n) is 8.91. The van der Waals surface area contributed by atoms with Crippen molar-refractivity contribution in [3.05, 3.63) is 228 Å². The van der Waals surface area contributed by atoms with Crippen molar-refractivity contribution in [2.24, 2.45) is 0 Å². The Balaban J connectivity index is 1.04. The first-order valence-corrected chi connectivity index (χ1v) is 19.3. The van der Waals surface area contributed by atoms with Crippen LogP contribution in [0.2, 0.25) is 0 Å². The molecular weight excluding hydrogens is 663 g/mol. The first-order chi connectivity index (χ1) is 27.0. The number of fused-ring (bicyclic) bond motifs is 5. The van der Waals surface area contributed by atoms with Gasteiger partial charge < -0.3 is 5.32 Å². The Labute approximate surface area is 324 Å². The molecule has 0 aromatic heterocycles. The molecule has 0 saturated carbocycles. The van der Waals surface area contributed by atoms with Crippen LogP contribution in [-0.4, -0.2) is 0 Å². The highest BCUT2D eigenvalue weighted by molar-refractivity contribution is 6.05. The van der Waals surface area contributed by atoms with Gasteiger partial charge in [-0.1, -0.05) is 178 Å². The molecule has 1 heteroatoms. The van der Waals surface area contributed by atoms with Gasteiger partial charge in [-0.05, 0) is 125 Å². The van der Waals surface area contributed by atoms with Gasteiger partial charge in [-0.2, -0.15) is 0 Å². The Morgan fingerprint density at radius 1 is 0.455 bits per heavy atom. The molecule has 1 aliphatic heterocycles. The van der Waals surface area contributed by atoms with E-state index in [1.165, 1.54) is 88.7 Å². The molecule has 1 nitrogen and oxygen atoms in total. The Hall–Kier alpha value is -6.70. The van der Waals surface area contributed by atoms with Crippen LogP contribution in [0, 0.1) is 0 Å². The summed E-state index contributed by atoms with van der Waals surface area (Å²) in [4.78, 5) is 0. The highest BCUT2D eigenvalue weighted by atomic mass is 14.9. The normalized spacial score (nSPS) is 15.4. The van der Waals surface area contributed by atoms with Gasteiger partial charge in [0.1, 0.15) is 0 Å². The van der Waals surface area contributed by atoms with Crippen LogP contribution in [0.15, 0.2) is 200 Å². The smallest absolute Gasteiger partial charge is 0.0707 e. The zero-order valence-corrected chi connectivity index (χ0v) is 31.1. The van der Waals surface area contributed by atoms with E-state index in [1.54, 1.807) is 0 Å². The molecule has 262 valence electrons. The van der Waals surface area contributed by atoms with E-state index < -0.39 is 0 Å². The predicted molar refractivity (Wildman–Crippen MR) is 233 cm³/mol. The molecule has 1 unspecified atom stereocenters. The summed E-state index contributed by atoms with van der Waals surface area (Å²) in [5, 5.41) is 6.42. The van der Waals surface area contributed by atoms with E-state index in [2.05, 4.69) is 219 Å². The van der Waals surface area contributed by atoms with E-state index in [0.717, 1.165) is 5.70 Å². The fraction of sp³-hybridized carbons (Fsp3) is 0.0741. The maximum absolute atomic E-state index is 3.79. The molecule has 1 N–H and O–H groups in total. The minimum absolute atomic E-state index is 0.0698. The van der Waals surface area contributed by atoms with Crippen LogP contribution in [-0.2, 0) is 5.41 Å². The summed E-state index contributed by atoms with van der Waals surface area (Å²) in [5.74, 6) is 0. The van der Waals surface area contributed by atoms with E-state index in [-0.39, 0.29) is 11.5 Å². The highest BCUT2D eigenvalue weighted by Gasteiger charge is 2.39. The predicted octanol–water partition coefficient (Wildman–Crippen LogP) is 13.9. The maximum atomic E-state index is 3.79. The van der Waals surface area contributed by atoms with Crippen LogP contribution in [0.3, 0.4) is 0 Å². The third-order valence-electron chi connectivity index (χ3n) is 11.6. The van der Waals surface area contributed by atoms with Crippen molar-refractivity contribution in [2.75, 3.05) is 0 Å². The third-order valence-corrected chi connectivity index (χ3v) is 11.6. The number of hydrogen-bond acceptors (Lipinski definition) is 1. The Morgan fingerprint density at radius 3 is 1.73 bits per heavy atom. The van der Waals surface area contributed by atoms with Crippen molar-refractivity contribution in [3.8, 4) is 44.5 Å². The summed E-state index contributed by atoms with van der Waals surface area (Å²) in [6.07, 6.45) is 4.65. The number of allylic oxidation sites excluding steroid dienone is 2. The second-order valence-electron chi connectivity index (χ2n) is 15.4. The van der Waals surface area contributed by atoms with Crippen LogP contribution in [0.4, 0.5) is 0 Å². The van der Waals surface area contributed by atoms with E-state index in [1.807, 2.05) is 0 Å². The monoisotopic (exact) mass is 703 g/mol. The molecule has 0 amide bonds. The summed E-state index contributed by atoms with van der Waals surface area (Å²) < 4.78 is 0. The molecule has 1 aliphatic carbocycles. The SMILES string of the molecule is CC1(C)c2cc(-c3cccc(-c4cccc(C5=CC(c6ccccc6)NC(c6ccccc6)=C5)c4)c3)ccc2-c2c(-c3ccccc3)cc3ccccc3c21. The molecule has 1 atom stereocenters. The van der Waals surface area contributed by atoms with Crippen molar-refractivity contribution >= 4 is 22.0 Å². The van der Waals surface area contributed by atoms with Crippen molar-refractivity contribution < 1.29 is 0 Å². The van der Waals surface area contributed by atoms with Crippen LogP contribution >= 0.6 is 0 Å². The summed E-state index contributed by atoms with van der Waals surface area (Å²) in [5.41, 5.74) is 18.8. The minimum Gasteiger partial charge on any atom is -0.374 e. The maximum Gasteiger partial charge on any atom is 0.0707 e. The number of nitrogens with one attached hydrogen (secondary N) is 1. The van der Waals surface area contributed by atoms with Crippen molar-refractivity contribution in [1.29, 1.82) is 0 Å². The molecule has 0 bridgehead atoms. The van der Waals surface area contributed by atoms with E-state index in [0.29, 0.717) is 0 Å². The Kier molecular flexibility index (Phi) is 7.96. The van der Waals surface area contributed by atoms with Gasteiger partial charge in [0.2, 0.25) is 0 Å². The molecule has 1 heterocycles. The average molecular weight is 704 g/mol. The molecule has 55 heavy (non-hydrogen) atoms. The topological polar surface area (TPSA) is 12.0 Å². The van der Waals surface area contributed by atoms with E-state index >= 15 is 0 Å². The van der Waals surface area contributed by atoms with Gasteiger partial charge in [-0.3, -0.25) is 0 Å². The van der Waals surface area contributed by atoms with Crippen LogP contribution in [0.25, 0.3) is 66.6 Å². The van der Waals surface area contributed by atoms with Gasteiger partial charge in [0.05, 0.1) is 6.04 Å². The zero-order valence-electron chi connectivity index (χ0n) is 31.1. The first-order valence-electron chi connectivity index (χ1n) is 19.3. The van der Waals surface area contributed by atoms with Crippen molar-refractivity contribution in [3.63, 3.8) is 0 Å². The zero-order chi connectivity index (χ0) is 36.9. The molecule has 0 spiro atoms. The molecule has 8 aromatic rings. The fourth-order valence-corrected chi connectivity index (χ4v) is 8.91. The van der Waals surface area contributed by atoms with Crippen molar-refractivity contribution in [1.82, 2.24) is 5.32 Å². The Morgan fingerprint density at radius 2 is 1.02 bits per heavy atom. The average Bonchev–Trinajstić information content (AvgIpc) is 3.50. The van der Waals surface area contributed by atoms with Gasteiger partial charge in [-0.25, -0.2) is 0 Å². The minimum atomic E-state index is -0.163.